The Labute approximate surface area is 175 Å². The molecule has 0 radical (unpaired) electrons. The summed E-state index contributed by atoms with van der Waals surface area (Å²) in [6.45, 7) is 8.24. The van der Waals surface area contributed by atoms with E-state index in [-0.39, 0.29) is 6.10 Å². The van der Waals surface area contributed by atoms with E-state index in [4.69, 9.17) is 21.8 Å². The number of benzene rings is 1. The van der Waals surface area contributed by atoms with Gasteiger partial charge in [-0.1, -0.05) is 17.4 Å². The monoisotopic (exact) mass is 501 g/mol. The van der Waals surface area contributed by atoms with Crippen LogP contribution in [-0.2, 0) is 4.84 Å². The Balaban J connectivity index is 2.10. The molecular weight excluding hydrogens is 482 g/mol. The van der Waals surface area contributed by atoms with E-state index in [0.29, 0.717) is 17.3 Å². The van der Waals surface area contributed by atoms with Gasteiger partial charge in [-0.2, -0.15) is 0 Å². The van der Waals surface area contributed by atoms with Crippen molar-refractivity contribution < 1.29 is 9.57 Å². The molecule has 1 unspecified atom stereocenters. The highest BCUT2D eigenvalue weighted by Gasteiger charge is 2.21. The number of nitrogens with zero attached hydrogens (tertiary/aromatic N) is 2. The zero-order chi connectivity index (χ0) is 19.3. The van der Waals surface area contributed by atoms with Gasteiger partial charge in [0.15, 0.2) is 0 Å². The lowest BCUT2D eigenvalue weighted by molar-refractivity contribution is 0.158. The number of fused-ring (bicyclic) bond motifs is 1. The van der Waals surface area contributed by atoms with Crippen LogP contribution in [0.4, 0.5) is 0 Å². The third-order valence-corrected chi connectivity index (χ3v) is 4.86. The molecule has 5 nitrogen and oxygen atoms in total. The Hall–Kier alpha value is -1.25. The maximum atomic E-state index is 6.02. The van der Waals surface area contributed by atoms with Crippen LogP contribution in [0.5, 0.6) is 5.75 Å². The summed E-state index contributed by atoms with van der Waals surface area (Å²) >= 11 is 12.5. The fraction of sp³-hybridized carbons (Fsp3) is 0.389. The molecule has 1 heterocycles. The SMILES string of the molecule is CCON=CC(C)(C)NC(=S)C(C)Oc1cc(Br)c2ncc(Br)cc2c1. The number of ether oxygens (including phenoxy) is 1. The van der Waals surface area contributed by atoms with E-state index in [2.05, 4.69) is 47.3 Å². The van der Waals surface area contributed by atoms with Gasteiger partial charge < -0.3 is 14.9 Å². The van der Waals surface area contributed by atoms with Gasteiger partial charge in [-0.05, 0) is 77.8 Å². The molecule has 0 spiro atoms. The Morgan fingerprint density at radius 1 is 1.38 bits per heavy atom. The smallest absolute Gasteiger partial charge is 0.146 e. The van der Waals surface area contributed by atoms with Gasteiger partial charge in [0.1, 0.15) is 23.4 Å². The van der Waals surface area contributed by atoms with Crippen LogP contribution in [0.3, 0.4) is 0 Å². The quantitative estimate of drug-likeness (QED) is 0.318. The third-order valence-electron chi connectivity index (χ3n) is 3.38. The minimum absolute atomic E-state index is 0.311. The second kappa shape index (κ2) is 9.10. The van der Waals surface area contributed by atoms with Gasteiger partial charge in [-0.25, -0.2) is 0 Å². The van der Waals surface area contributed by atoms with Crippen LogP contribution in [0.25, 0.3) is 10.9 Å². The topological polar surface area (TPSA) is 55.7 Å². The lowest BCUT2D eigenvalue weighted by atomic mass is 10.1. The zero-order valence-electron chi connectivity index (χ0n) is 15.0. The molecular formula is C18H21Br2N3O2S. The van der Waals surface area contributed by atoms with Crippen molar-refractivity contribution in [2.75, 3.05) is 6.61 Å². The standard InChI is InChI=1S/C18H21Br2N3O2S/c1-5-24-22-10-18(3,4)23-17(26)11(2)25-14-7-12-6-13(19)9-21-16(12)15(20)8-14/h6-11H,5H2,1-4H3,(H,23,26). The number of nitrogens with one attached hydrogen (secondary N) is 1. The number of halogens is 2. The van der Waals surface area contributed by atoms with Gasteiger partial charge in [0.05, 0.1) is 17.3 Å². The fourth-order valence-corrected chi connectivity index (χ4v) is 3.39. The number of hydrogen-bond acceptors (Lipinski definition) is 5. The molecule has 0 saturated heterocycles. The summed E-state index contributed by atoms with van der Waals surface area (Å²) in [5.74, 6) is 0.710. The van der Waals surface area contributed by atoms with E-state index >= 15 is 0 Å². The zero-order valence-corrected chi connectivity index (χ0v) is 19.0. The lowest BCUT2D eigenvalue weighted by Gasteiger charge is -2.26. The minimum Gasteiger partial charge on any atom is -0.484 e. The maximum absolute atomic E-state index is 6.02. The van der Waals surface area contributed by atoms with E-state index in [1.54, 1.807) is 12.4 Å². The molecule has 1 aromatic heterocycles. The average molecular weight is 503 g/mol. The Kier molecular flexibility index (Phi) is 7.37. The Bertz CT molecular complexity index is 827. The predicted molar refractivity (Wildman–Crippen MR) is 117 cm³/mol. The minimum atomic E-state index is -0.442. The number of pyridine rings is 1. The first kappa shape index (κ1) is 21.1. The van der Waals surface area contributed by atoms with E-state index in [1.807, 2.05) is 45.9 Å². The first-order valence-corrected chi connectivity index (χ1v) is 10.1. The van der Waals surface area contributed by atoms with E-state index in [9.17, 15) is 0 Å². The molecule has 0 saturated carbocycles. The van der Waals surface area contributed by atoms with E-state index in [1.165, 1.54) is 0 Å². The van der Waals surface area contributed by atoms with Crippen molar-refractivity contribution in [2.45, 2.75) is 39.3 Å². The predicted octanol–water partition coefficient (Wildman–Crippen LogP) is 5.25. The number of thiocarbonyl (C=S) groups is 1. The van der Waals surface area contributed by atoms with E-state index in [0.717, 1.165) is 19.8 Å². The number of hydrogen-bond donors (Lipinski definition) is 1. The van der Waals surface area contributed by atoms with Crippen LogP contribution in [0.15, 0.2) is 38.5 Å². The van der Waals surface area contributed by atoms with Crippen LogP contribution < -0.4 is 10.1 Å². The average Bonchev–Trinajstić information content (AvgIpc) is 2.54. The van der Waals surface area contributed by atoms with Crippen molar-refractivity contribution in [1.29, 1.82) is 0 Å². The molecule has 8 heteroatoms. The molecule has 2 aromatic rings. The fourth-order valence-electron chi connectivity index (χ4n) is 2.17. The third kappa shape index (κ3) is 5.89. The van der Waals surface area contributed by atoms with E-state index < -0.39 is 5.54 Å². The van der Waals surface area contributed by atoms with Gasteiger partial charge in [0.25, 0.3) is 0 Å². The summed E-state index contributed by atoms with van der Waals surface area (Å²) in [4.78, 5) is 10.0. The van der Waals surface area contributed by atoms with Crippen LogP contribution in [0.2, 0.25) is 0 Å². The van der Waals surface area contributed by atoms with Gasteiger partial charge in [0.2, 0.25) is 0 Å². The van der Waals surface area contributed by atoms with Crippen LogP contribution in [-0.4, -0.2) is 34.4 Å². The van der Waals surface area contributed by atoms with Crippen molar-refractivity contribution in [2.24, 2.45) is 5.16 Å². The highest BCUT2D eigenvalue weighted by Crippen LogP contribution is 2.30. The molecule has 1 aromatic carbocycles. The molecule has 0 aliphatic heterocycles. The second-order valence-corrected chi connectivity index (χ2v) is 8.46. The number of aromatic nitrogens is 1. The summed E-state index contributed by atoms with van der Waals surface area (Å²) in [6.07, 6.45) is 3.14. The Morgan fingerprint density at radius 2 is 2.12 bits per heavy atom. The molecule has 26 heavy (non-hydrogen) atoms. The summed E-state index contributed by atoms with van der Waals surface area (Å²) in [5, 5.41) is 8.12. The molecule has 0 aliphatic rings. The van der Waals surface area contributed by atoms with Crippen molar-refractivity contribution in [1.82, 2.24) is 10.3 Å². The molecule has 140 valence electrons. The molecule has 0 amide bonds. The molecule has 2 rings (SSSR count). The summed E-state index contributed by atoms with van der Waals surface area (Å²) in [6, 6.07) is 5.83. The van der Waals surface area contributed by atoms with Crippen molar-refractivity contribution in [3.05, 3.63) is 33.3 Å². The summed E-state index contributed by atoms with van der Waals surface area (Å²) in [5.41, 5.74) is 0.435. The largest absolute Gasteiger partial charge is 0.484 e. The van der Waals surface area contributed by atoms with Gasteiger partial charge >= 0.3 is 0 Å². The highest BCUT2D eigenvalue weighted by molar-refractivity contribution is 9.11. The molecule has 0 bridgehead atoms. The van der Waals surface area contributed by atoms with Gasteiger partial charge in [-0.15, -0.1) is 0 Å². The summed E-state index contributed by atoms with van der Waals surface area (Å²) < 4.78 is 7.80. The first-order chi connectivity index (χ1) is 12.2. The van der Waals surface area contributed by atoms with Crippen LogP contribution in [0, 0.1) is 0 Å². The van der Waals surface area contributed by atoms with Crippen LogP contribution >= 0.6 is 44.1 Å². The Morgan fingerprint density at radius 3 is 2.81 bits per heavy atom. The number of oxime groups is 1. The van der Waals surface area contributed by atoms with Crippen molar-refractivity contribution in [3.8, 4) is 5.75 Å². The molecule has 0 fully saturated rings. The van der Waals surface area contributed by atoms with Crippen molar-refractivity contribution in [3.63, 3.8) is 0 Å². The molecule has 0 aliphatic carbocycles. The highest BCUT2D eigenvalue weighted by atomic mass is 79.9. The number of rotatable bonds is 7. The second-order valence-electron chi connectivity index (χ2n) is 6.25. The molecule has 1 N–H and O–H groups in total. The first-order valence-electron chi connectivity index (χ1n) is 8.12. The van der Waals surface area contributed by atoms with Crippen LogP contribution in [0.1, 0.15) is 27.7 Å². The maximum Gasteiger partial charge on any atom is 0.146 e. The van der Waals surface area contributed by atoms with Crippen molar-refractivity contribution >= 4 is 66.2 Å². The normalized spacial score (nSPS) is 13.0. The van der Waals surface area contributed by atoms with Gasteiger partial charge in [0, 0.05) is 20.5 Å². The van der Waals surface area contributed by atoms with Gasteiger partial charge in [-0.3, -0.25) is 4.98 Å². The summed E-state index contributed by atoms with van der Waals surface area (Å²) in [7, 11) is 0. The molecule has 1 atom stereocenters. The lowest BCUT2D eigenvalue weighted by Crippen LogP contribution is -2.48.